The molecule has 0 spiro atoms. The standard InChI is InChI=1S/C14H20FN3O/c15-10-6-11(7-16)18(8-10)14(19)13-5-9-3-1-2-4-12(9)17-13/h9-13,17H,1-6,8H2/t9?,10?,11-,12?,13-/m0/s1. The van der Waals surface area contributed by atoms with Crippen molar-refractivity contribution < 1.29 is 9.18 Å². The minimum Gasteiger partial charge on any atom is -0.322 e. The van der Waals surface area contributed by atoms with Crippen LogP contribution in [-0.4, -0.2) is 41.6 Å². The van der Waals surface area contributed by atoms with Crippen molar-refractivity contribution in [1.82, 2.24) is 10.2 Å². The summed E-state index contributed by atoms with van der Waals surface area (Å²) in [5.41, 5.74) is 0. The molecular weight excluding hydrogens is 245 g/mol. The van der Waals surface area contributed by atoms with Gasteiger partial charge in [-0.1, -0.05) is 12.8 Å². The predicted molar refractivity (Wildman–Crippen MR) is 67.9 cm³/mol. The molecule has 0 aromatic carbocycles. The Labute approximate surface area is 112 Å². The number of nitrogens with zero attached hydrogens (tertiary/aromatic N) is 2. The van der Waals surface area contributed by atoms with Gasteiger partial charge in [0.05, 0.1) is 18.7 Å². The number of hydrogen-bond donors (Lipinski definition) is 1. The van der Waals surface area contributed by atoms with Gasteiger partial charge in [0.1, 0.15) is 12.2 Å². The van der Waals surface area contributed by atoms with Crippen LogP contribution in [0.4, 0.5) is 4.39 Å². The number of likely N-dealkylation sites (tertiary alicyclic amines) is 1. The molecule has 104 valence electrons. The van der Waals surface area contributed by atoms with Crippen molar-refractivity contribution in [3.63, 3.8) is 0 Å². The summed E-state index contributed by atoms with van der Waals surface area (Å²) in [4.78, 5) is 13.9. The molecule has 3 aliphatic rings. The summed E-state index contributed by atoms with van der Waals surface area (Å²) < 4.78 is 13.4. The van der Waals surface area contributed by atoms with Gasteiger partial charge in [0.25, 0.3) is 0 Å². The molecule has 4 nitrogen and oxygen atoms in total. The first-order valence-corrected chi connectivity index (χ1v) is 7.29. The Morgan fingerprint density at radius 2 is 2.11 bits per heavy atom. The van der Waals surface area contributed by atoms with Gasteiger partial charge in [-0.05, 0) is 25.2 Å². The number of carbonyl (C=O) groups excluding carboxylic acids is 1. The Kier molecular flexibility index (Phi) is 3.44. The van der Waals surface area contributed by atoms with E-state index in [1.165, 1.54) is 24.2 Å². The summed E-state index contributed by atoms with van der Waals surface area (Å²) in [6.45, 7) is 0.0879. The molecule has 3 unspecified atom stereocenters. The first-order chi connectivity index (χ1) is 9.19. The fourth-order valence-corrected chi connectivity index (χ4v) is 3.86. The van der Waals surface area contributed by atoms with Crippen LogP contribution in [0.2, 0.25) is 0 Å². The molecule has 2 saturated heterocycles. The molecule has 5 heteroatoms. The molecule has 3 fully saturated rings. The van der Waals surface area contributed by atoms with Crippen molar-refractivity contribution in [3.8, 4) is 6.07 Å². The SMILES string of the molecule is N#C[C@@H]1CC(F)CN1C(=O)[C@@H]1CC2CCCCC2N1. The van der Waals surface area contributed by atoms with Crippen molar-refractivity contribution in [2.75, 3.05) is 6.54 Å². The molecule has 3 rings (SSSR count). The zero-order chi connectivity index (χ0) is 13.4. The molecule has 2 heterocycles. The molecule has 0 radical (unpaired) electrons. The highest BCUT2D eigenvalue weighted by atomic mass is 19.1. The van der Waals surface area contributed by atoms with Crippen LogP contribution < -0.4 is 5.32 Å². The highest BCUT2D eigenvalue weighted by molar-refractivity contribution is 5.83. The van der Waals surface area contributed by atoms with Crippen LogP contribution in [0.3, 0.4) is 0 Å². The van der Waals surface area contributed by atoms with Crippen LogP contribution >= 0.6 is 0 Å². The Morgan fingerprint density at radius 1 is 1.32 bits per heavy atom. The monoisotopic (exact) mass is 265 g/mol. The van der Waals surface area contributed by atoms with Gasteiger partial charge in [-0.3, -0.25) is 4.79 Å². The van der Waals surface area contributed by atoms with Crippen molar-refractivity contribution >= 4 is 5.91 Å². The van der Waals surface area contributed by atoms with E-state index in [0.29, 0.717) is 12.0 Å². The zero-order valence-corrected chi connectivity index (χ0v) is 11.0. The first kappa shape index (κ1) is 12.9. The second kappa shape index (κ2) is 5.09. The highest BCUT2D eigenvalue weighted by Gasteiger charge is 2.43. The largest absolute Gasteiger partial charge is 0.322 e. The molecule has 1 N–H and O–H groups in total. The summed E-state index contributed by atoms with van der Waals surface area (Å²) in [5, 5.41) is 12.4. The average Bonchev–Trinajstić information content (AvgIpc) is 3.00. The third-order valence-electron chi connectivity index (χ3n) is 4.84. The van der Waals surface area contributed by atoms with E-state index in [1.54, 1.807) is 0 Å². The van der Waals surface area contributed by atoms with Crippen molar-refractivity contribution in [2.45, 2.75) is 62.8 Å². The Bertz CT molecular complexity index is 394. The normalized spacial score (nSPS) is 41.9. The first-order valence-electron chi connectivity index (χ1n) is 7.29. The Morgan fingerprint density at radius 3 is 2.84 bits per heavy atom. The zero-order valence-electron chi connectivity index (χ0n) is 11.0. The second-order valence-corrected chi connectivity index (χ2v) is 6.07. The van der Waals surface area contributed by atoms with Crippen LogP contribution in [0.15, 0.2) is 0 Å². The van der Waals surface area contributed by atoms with Crippen molar-refractivity contribution in [1.29, 1.82) is 5.26 Å². The van der Waals surface area contributed by atoms with E-state index in [4.69, 9.17) is 5.26 Å². The number of amides is 1. The smallest absolute Gasteiger partial charge is 0.240 e. The predicted octanol–water partition coefficient (Wildman–Crippen LogP) is 1.37. The number of hydrogen-bond acceptors (Lipinski definition) is 3. The molecule has 1 aliphatic carbocycles. The Hall–Kier alpha value is -1.15. The lowest BCUT2D eigenvalue weighted by molar-refractivity contribution is -0.133. The molecule has 5 atom stereocenters. The maximum absolute atomic E-state index is 13.4. The van der Waals surface area contributed by atoms with Crippen molar-refractivity contribution in [3.05, 3.63) is 0 Å². The van der Waals surface area contributed by atoms with Crippen LogP contribution in [0, 0.1) is 17.2 Å². The Balaban J connectivity index is 1.66. The van der Waals surface area contributed by atoms with Gasteiger partial charge < -0.3 is 10.2 Å². The molecule has 0 aromatic rings. The summed E-state index contributed by atoms with van der Waals surface area (Å²) in [6.07, 6.45) is 4.79. The van der Waals surface area contributed by atoms with Gasteiger partial charge >= 0.3 is 0 Å². The lowest BCUT2D eigenvalue weighted by atomic mass is 9.85. The molecule has 19 heavy (non-hydrogen) atoms. The topological polar surface area (TPSA) is 56.1 Å². The highest BCUT2D eigenvalue weighted by Crippen LogP contribution is 2.34. The van der Waals surface area contributed by atoms with Gasteiger partial charge in [-0.2, -0.15) is 5.26 Å². The van der Waals surface area contributed by atoms with E-state index in [1.807, 2.05) is 6.07 Å². The number of fused-ring (bicyclic) bond motifs is 1. The van der Waals surface area contributed by atoms with Gasteiger partial charge in [0.15, 0.2) is 0 Å². The van der Waals surface area contributed by atoms with E-state index in [-0.39, 0.29) is 24.9 Å². The maximum atomic E-state index is 13.4. The van der Waals surface area contributed by atoms with Crippen LogP contribution in [-0.2, 0) is 4.79 Å². The van der Waals surface area contributed by atoms with Gasteiger partial charge in [-0.25, -0.2) is 4.39 Å². The van der Waals surface area contributed by atoms with Gasteiger partial charge in [-0.15, -0.1) is 0 Å². The third kappa shape index (κ3) is 2.34. The van der Waals surface area contributed by atoms with Gasteiger partial charge in [0.2, 0.25) is 5.91 Å². The quantitative estimate of drug-likeness (QED) is 0.779. The number of nitriles is 1. The molecule has 1 amide bonds. The van der Waals surface area contributed by atoms with E-state index < -0.39 is 12.2 Å². The van der Waals surface area contributed by atoms with Gasteiger partial charge in [0, 0.05) is 12.5 Å². The number of nitrogens with one attached hydrogen (secondary N) is 1. The molecule has 1 saturated carbocycles. The number of carbonyl (C=O) groups is 1. The molecular formula is C14H20FN3O. The van der Waals surface area contributed by atoms with Crippen LogP contribution in [0.5, 0.6) is 0 Å². The minimum absolute atomic E-state index is 0.0684. The fraction of sp³-hybridized carbons (Fsp3) is 0.857. The third-order valence-corrected chi connectivity index (χ3v) is 4.84. The summed E-state index contributed by atoms with van der Waals surface area (Å²) in [7, 11) is 0. The summed E-state index contributed by atoms with van der Waals surface area (Å²) in [6, 6.07) is 1.72. The second-order valence-electron chi connectivity index (χ2n) is 6.07. The molecule has 0 aromatic heterocycles. The lowest BCUT2D eigenvalue weighted by Gasteiger charge is -2.24. The number of alkyl halides is 1. The minimum atomic E-state index is -1.04. The summed E-state index contributed by atoms with van der Waals surface area (Å²) >= 11 is 0. The maximum Gasteiger partial charge on any atom is 0.240 e. The van der Waals surface area contributed by atoms with E-state index in [0.717, 1.165) is 12.8 Å². The average molecular weight is 265 g/mol. The lowest BCUT2D eigenvalue weighted by Crippen LogP contribution is -2.47. The molecule has 2 aliphatic heterocycles. The summed E-state index contributed by atoms with van der Waals surface area (Å²) in [5.74, 6) is 0.521. The van der Waals surface area contributed by atoms with Crippen molar-refractivity contribution in [2.24, 2.45) is 5.92 Å². The van der Waals surface area contributed by atoms with E-state index >= 15 is 0 Å². The molecule has 0 bridgehead atoms. The number of halogens is 1. The fourth-order valence-electron chi connectivity index (χ4n) is 3.86. The van der Waals surface area contributed by atoms with Crippen LogP contribution in [0.1, 0.15) is 38.5 Å². The van der Waals surface area contributed by atoms with E-state index in [9.17, 15) is 9.18 Å². The van der Waals surface area contributed by atoms with Crippen LogP contribution in [0.25, 0.3) is 0 Å². The number of rotatable bonds is 1. The van der Waals surface area contributed by atoms with E-state index in [2.05, 4.69) is 5.32 Å².